The largest absolute Gasteiger partial charge is 0.512 e. The van der Waals surface area contributed by atoms with Crippen LogP contribution < -0.4 is 9.64 Å². The number of amides is 1. The summed E-state index contributed by atoms with van der Waals surface area (Å²) in [5.41, 5.74) is 5.01. The number of carboxylic acid groups (broad SMARTS) is 1. The van der Waals surface area contributed by atoms with Gasteiger partial charge in [-0.1, -0.05) is 35.6 Å². The number of aryl methyl sites for hydroxylation is 3. The first-order valence-electron chi connectivity index (χ1n) is 9.63. The maximum absolute atomic E-state index is 13.0. The van der Waals surface area contributed by atoms with E-state index in [9.17, 15) is 9.59 Å². The van der Waals surface area contributed by atoms with Crippen molar-refractivity contribution >= 4 is 40.6 Å². The molecule has 1 aromatic carbocycles. The van der Waals surface area contributed by atoms with Crippen molar-refractivity contribution in [1.82, 2.24) is 9.38 Å². The van der Waals surface area contributed by atoms with Gasteiger partial charge in [-0.2, -0.15) is 0 Å². The summed E-state index contributed by atoms with van der Waals surface area (Å²) in [6, 6.07) is 13.1. The number of thiophene rings is 1. The molecular formula is C23H21N3O4S. The van der Waals surface area contributed by atoms with Crippen molar-refractivity contribution < 1.29 is 19.4 Å². The highest BCUT2D eigenvalue weighted by molar-refractivity contribution is 7.17. The maximum atomic E-state index is 13.0. The van der Waals surface area contributed by atoms with Crippen LogP contribution in [0, 0.1) is 20.8 Å². The fourth-order valence-corrected chi connectivity index (χ4v) is 4.51. The van der Waals surface area contributed by atoms with Crippen LogP contribution in [0.1, 0.15) is 23.6 Å². The Morgan fingerprint density at radius 2 is 1.77 bits per heavy atom. The zero-order chi connectivity index (χ0) is 22.3. The zero-order valence-electron chi connectivity index (χ0n) is 17.5. The van der Waals surface area contributed by atoms with Gasteiger partial charge in [-0.15, -0.1) is 0 Å². The lowest BCUT2D eigenvalue weighted by atomic mass is 10.1. The minimum atomic E-state index is -1.37. The quantitative estimate of drug-likeness (QED) is 0.414. The Kier molecular flexibility index (Phi) is 5.24. The van der Waals surface area contributed by atoms with Gasteiger partial charge >= 0.3 is 6.16 Å². The predicted octanol–water partition coefficient (Wildman–Crippen LogP) is 5.73. The monoisotopic (exact) mass is 435 g/mol. The molecule has 0 saturated carbocycles. The summed E-state index contributed by atoms with van der Waals surface area (Å²) in [6.45, 7) is 7.44. The number of carbonyl (C=O) groups excluding carboxylic acids is 1. The fraction of sp³-hybridized carbons (Fsp3) is 0.174. The number of benzene rings is 1. The number of carbonyl (C=O) groups is 2. The van der Waals surface area contributed by atoms with Crippen LogP contribution in [0.2, 0.25) is 0 Å². The summed E-state index contributed by atoms with van der Waals surface area (Å²) in [6.07, 6.45) is 0.563. The van der Waals surface area contributed by atoms with Gasteiger partial charge in [-0.05, 0) is 55.7 Å². The first-order chi connectivity index (χ1) is 14.8. The molecule has 31 heavy (non-hydrogen) atoms. The first-order valence-corrected chi connectivity index (χ1v) is 10.4. The predicted molar refractivity (Wildman–Crippen MR) is 121 cm³/mol. The Bertz CT molecular complexity index is 1300. The van der Waals surface area contributed by atoms with Crippen LogP contribution in [0.3, 0.4) is 0 Å². The second-order valence-electron chi connectivity index (χ2n) is 7.30. The first kappa shape index (κ1) is 20.6. The number of rotatable bonds is 4. The molecule has 0 aliphatic carbocycles. The zero-order valence-corrected chi connectivity index (χ0v) is 18.4. The van der Waals surface area contributed by atoms with Gasteiger partial charge in [-0.25, -0.2) is 9.78 Å². The number of ether oxygens (including phenoxy) is 1. The SMILES string of the molecule is CC(=O)N(c1c(C)cccc1C)c1c(-c2ccc(OC(=O)O)s2)nc2ccc(C)cn12. The minimum Gasteiger partial charge on any atom is -0.449 e. The third-order valence-corrected chi connectivity index (χ3v) is 5.90. The number of fused-ring (bicyclic) bond motifs is 1. The third-order valence-electron chi connectivity index (χ3n) is 4.93. The molecule has 8 heteroatoms. The summed E-state index contributed by atoms with van der Waals surface area (Å²) < 4.78 is 6.70. The Labute approximate surface area is 183 Å². The van der Waals surface area contributed by atoms with Gasteiger partial charge in [-0.3, -0.25) is 14.1 Å². The van der Waals surface area contributed by atoms with Crippen molar-refractivity contribution in [2.45, 2.75) is 27.7 Å². The van der Waals surface area contributed by atoms with E-state index < -0.39 is 6.16 Å². The van der Waals surface area contributed by atoms with Gasteiger partial charge in [0.05, 0.1) is 10.6 Å². The Hall–Kier alpha value is -3.65. The molecule has 0 unspecified atom stereocenters. The third kappa shape index (κ3) is 3.77. The standard InChI is InChI=1S/C23H21N3O4S/c1-13-8-10-18-24-20(17-9-11-19(31-17)30-23(28)29)22(25(18)12-13)26(16(4)27)21-14(2)6-5-7-15(21)3/h5-12H,1-4H3,(H,28,29). The number of anilines is 2. The molecule has 4 rings (SSSR count). The fourth-order valence-electron chi connectivity index (χ4n) is 3.68. The number of aromatic nitrogens is 2. The second-order valence-corrected chi connectivity index (χ2v) is 8.35. The van der Waals surface area contributed by atoms with E-state index in [1.165, 1.54) is 6.92 Å². The van der Waals surface area contributed by atoms with Crippen molar-refractivity contribution in [2.24, 2.45) is 0 Å². The minimum absolute atomic E-state index is 0.152. The molecule has 158 valence electrons. The summed E-state index contributed by atoms with van der Waals surface area (Å²) in [7, 11) is 0. The molecule has 0 saturated heterocycles. The maximum Gasteiger partial charge on any atom is 0.512 e. The smallest absolute Gasteiger partial charge is 0.449 e. The van der Waals surface area contributed by atoms with Gasteiger partial charge in [0.2, 0.25) is 5.91 Å². The summed E-state index contributed by atoms with van der Waals surface area (Å²) in [5, 5.41) is 9.17. The van der Waals surface area contributed by atoms with Crippen molar-refractivity contribution in [3.05, 3.63) is 65.4 Å². The Morgan fingerprint density at radius 3 is 2.42 bits per heavy atom. The van der Waals surface area contributed by atoms with Crippen LogP contribution in [-0.2, 0) is 4.79 Å². The van der Waals surface area contributed by atoms with Gasteiger partial charge in [0, 0.05) is 13.1 Å². The van der Waals surface area contributed by atoms with Crippen LogP contribution in [-0.4, -0.2) is 26.6 Å². The normalized spacial score (nSPS) is 11.0. The van der Waals surface area contributed by atoms with Gasteiger partial charge in [0.1, 0.15) is 11.3 Å². The van der Waals surface area contributed by atoms with E-state index in [1.54, 1.807) is 17.0 Å². The molecule has 3 heterocycles. The number of para-hydroxylation sites is 1. The van der Waals surface area contributed by atoms with E-state index in [1.807, 2.05) is 61.7 Å². The lowest BCUT2D eigenvalue weighted by molar-refractivity contribution is -0.115. The van der Waals surface area contributed by atoms with Crippen molar-refractivity contribution in [2.75, 3.05) is 4.90 Å². The number of imidazole rings is 1. The Morgan fingerprint density at radius 1 is 1.06 bits per heavy atom. The number of pyridine rings is 1. The average molecular weight is 436 g/mol. The molecule has 3 aromatic heterocycles. The molecule has 0 aliphatic heterocycles. The van der Waals surface area contributed by atoms with E-state index >= 15 is 0 Å². The average Bonchev–Trinajstić information content (AvgIpc) is 3.28. The van der Waals surface area contributed by atoms with Crippen molar-refractivity contribution in [3.63, 3.8) is 0 Å². The van der Waals surface area contributed by atoms with Gasteiger partial charge < -0.3 is 9.84 Å². The van der Waals surface area contributed by atoms with Crippen LogP contribution in [0.5, 0.6) is 5.06 Å². The summed E-state index contributed by atoms with van der Waals surface area (Å²) in [4.78, 5) is 31.1. The molecular weight excluding hydrogens is 414 g/mol. The van der Waals surface area contributed by atoms with Crippen LogP contribution in [0.4, 0.5) is 16.3 Å². The number of hydrogen-bond donors (Lipinski definition) is 1. The molecule has 1 amide bonds. The number of nitrogens with zero attached hydrogens (tertiary/aromatic N) is 3. The van der Waals surface area contributed by atoms with Crippen LogP contribution in [0.15, 0.2) is 48.7 Å². The number of hydrogen-bond acceptors (Lipinski definition) is 5. The van der Waals surface area contributed by atoms with E-state index in [0.29, 0.717) is 22.0 Å². The highest BCUT2D eigenvalue weighted by Crippen LogP contribution is 2.42. The molecule has 0 bridgehead atoms. The highest BCUT2D eigenvalue weighted by atomic mass is 32.1. The molecule has 0 radical (unpaired) electrons. The van der Waals surface area contributed by atoms with Crippen LogP contribution in [0.25, 0.3) is 16.2 Å². The molecule has 0 spiro atoms. The molecule has 7 nitrogen and oxygen atoms in total. The summed E-state index contributed by atoms with van der Waals surface area (Å²) >= 11 is 1.16. The highest BCUT2D eigenvalue weighted by Gasteiger charge is 2.27. The summed E-state index contributed by atoms with van der Waals surface area (Å²) in [5.74, 6) is 0.452. The molecule has 1 N–H and O–H groups in total. The molecule has 0 aliphatic rings. The molecule has 0 atom stereocenters. The van der Waals surface area contributed by atoms with Gasteiger partial charge in [0.15, 0.2) is 10.9 Å². The second kappa shape index (κ2) is 7.88. The van der Waals surface area contributed by atoms with E-state index in [4.69, 9.17) is 14.8 Å². The van der Waals surface area contributed by atoms with Gasteiger partial charge in [0.25, 0.3) is 0 Å². The van der Waals surface area contributed by atoms with E-state index in [-0.39, 0.29) is 11.0 Å². The molecule has 4 aromatic rings. The van der Waals surface area contributed by atoms with E-state index in [0.717, 1.165) is 33.7 Å². The topological polar surface area (TPSA) is 84.1 Å². The molecule has 0 fully saturated rings. The lowest BCUT2D eigenvalue weighted by Gasteiger charge is -2.25. The Balaban J connectivity index is 2.02. The van der Waals surface area contributed by atoms with Crippen LogP contribution >= 0.6 is 11.3 Å². The van der Waals surface area contributed by atoms with Crippen molar-refractivity contribution in [3.8, 4) is 15.6 Å². The van der Waals surface area contributed by atoms with E-state index in [2.05, 4.69) is 0 Å². The lowest BCUT2D eigenvalue weighted by Crippen LogP contribution is -2.26. The van der Waals surface area contributed by atoms with Crippen molar-refractivity contribution in [1.29, 1.82) is 0 Å².